The van der Waals surface area contributed by atoms with E-state index in [0.29, 0.717) is 28.0 Å². The number of aryl methyl sites for hydroxylation is 1. The molecule has 4 aromatic rings. The largest absolute Gasteiger partial charge is 0.457 e. The van der Waals surface area contributed by atoms with Crippen molar-refractivity contribution in [1.82, 2.24) is 5.43 Å². The van der Waals surface area contributed by atoms with Gasteiger partial charge in [-0.05, 0) is 42.8 Å². The second-order valence-electron chi connectivity index (χ2n) is 7.51. The fourth-order valence-electron chi connectivity index (χ4n) is 3.74. The zero-order chi connectivity index (χ0) is 22.1. The first kappa shape index (κ1) is 20.1. The highest BCUT2D eigenvalue weighted by Crippen LogP contribution is 2.43. The summed E-state index contributed by atoms with van der Waals surface area (Å²) < 4.78 is 11.8. The Morgan fingerprint density at radius 3 is 2.34 bits per heavy atom. The summed E-state index contributed by atoms with van der Waals surface area (Å²) in [5.41, 5.74) is 6.12. The first-order valence-electron chi connectivity index (χ1n) is 10.1. The molecule has 0 fully saturated rings. The lowest BCUT2D eigenvalue weighted by Gasteiger charge is -2.26. The number of carbonyl (C=O) groups excluding carboxylic acids is 1. The van der Waals surface area contributed by atoms with Crippen LogP contribution < -0.4 is 10.2 Å². The zero-order valence-corrected chi connectivity index (χ0v) is 18.0. The molecule has 0 unspecified atom stereocenters. The van der Waals surface area contributed by atoms with Crippen LogP contribution in [0.5, 0.6) is 11.5 Å². The molecule has 6 heteroatoms. The predicted molar refractivity (Wildman–Crippen MR) is 124 cm³/mol. The van der Waals surface area contributed by atoms with Crippen molar-refractivity contribution in [2.45, 2.75) is 12.8 Å². The van der Waals surface area contributed by atoms with E-state index in [9.17, 15) is 4.79 Å². The van der Waals surface area contributed by atoms with Gasteiger partial charge in [0.1, 0.15) is 23.0 Å². The van der Waals surface area contributed by atoms with Crippen LogP contribution in [0.2, 0.25) is 5.02 Å². The van der Waals surface area contributed by atoms with E-state index in [1.165, 1.54) is 6.21 Å². The van der Waals surface area contributed by atoms with E-state index in [0.717, 1.165) is 22.3 Å². The number of hydrogen-bond acceptors (Lipinski definition) is 4. The smallest absolute Gasteiger partial charge is 0.252 e. The molecule has 5 nitrogen and oxygen atoms in total. The zero-order valence-electron chi connectivity index (χ0n) is 17.2. The number of hydrogen-bond donors (Lipinski definition) is 1. The molecule has 158 valence electrons. The van der Waals surface area contributed by atoms with Crippen molar-refractivity contribution in [3.63, 3.8) is 0 Å². The highest BCUT2D eigenvalue weighted by Gasteiger charge is 2.32. The Balaban J connectivity index is 1.35. The molecule has 0 bridgehead atoms. The molecule has 0 saturated heterocycles. The van der Waals surface area contributed by atoms with Crippen LogP contribution in [0.1, 0.15) is 28.4 Å². The summed E-state index contributed by atoms with van der Waals surface area (Å²) in [6, 6.07) is 24.4. The van der Waals surface area contributed by atoms with Crippen molar-refractivity contribution in [3.05, 3.63) is 106 Å². The summed E-state index contributed by atoms with van der Waals surface area (Å²) in [6.45, 7) is 1.95. The third-order valence-corrected chi connectivity index (χ3v) is 5.80. The molecule has 1 amide bonds. The number of ether oxygens (including phenoxy) is 1. The molecule has 0 spiro atoms. The molecule has 1 aromatic heterocycles. The quantitative estimate of drug-likeness (QED) is 0.298. The Morgan fingerprint density at radius 1 is 0.969 bits per heavy atom. The van der Waals surface area contributed by atoms with Gasteiger partial charge in [-0.3, -0.25) is 4.79 Å². The summed E-state index contributed by atoms with van der Waals surface area (Å²) in [5, 5.41) is 4.80. The number of furan rings is 1. The molecular formula is C26H19ClN2O3. The molecule has 3 aromatic carbocycles. The molecule has 0 saturated carbocycles. The maximum atomic E-state index is 13.1. The van der Waals surface area contributed by atoms with Crippen molar-refractivity contribution in [1.29, 1.82) is 0 Å². The summed E-state index contributed by atoms with van der Waals surface area (Å²) in [4.78, 5) is 13.1. The van der Waals surface area contributed by atoms with E-state index >= 15 is 0 Å². The van der Waals surface area contributed by atoms with E-state index in [-0.39, 0.29) is 5.91 Å². The number of halogens is 1. The second kappa shape index (κ2) is 8.36. The van der Waals surface area contributed by atoms with Crippen LogP contribution in [0.15, 0.2) is 88.4 Å². The third-order valence-electron chi connectivity index (χ3n) is 5.39. The van der Waals surface area contributed by atoms with Crippen molar-refractivity contribution in [3.8, 4) is 22.8 Å². The number of carbonyl (C=O) groups is 1. The van der Waals surface area contributed by atoms with Gasteiger partial charge >= 0.3 is 0 Å². The van der Waals surface area contributed by atoms with Crippen LogP contribution in [-0.4, -0.2) is 12.1 Å². The highest BCUT2D eigenvalue weighted by molar-refractivity contribution is 6.31. The highest BCUT2D eigenvalue weighted by atomic mass is 35.5. The summed E-state index contributed by atoms with van der Waals surface area (Å²) in [6.07, 6.45) is 1.48. The van der Waals surface area contributed by atoms with Gasteiger partial charge in [-0.2, -0.15) is 5.10 Å². The van der Waals surface area contributed by atoms with Gasteiger partial charge in [0.15, 0.2) is 0 Å². The number of para-hydroxylation sites is 2. The minimum atomic E-state index is -0.518. The fourth-order valence-corrected chi connectivity index (χ4v) is 3.92. The standard InChI is InChI=1S/C26H19ClN2O3/c1-16-10-11-17(14-21(16)27)22-13-12-18(31-22)15-28-29-26(30)25-19-6-2-4-8-23(19)32-24-9-5-3-7-20(24)25/h2-15,25H,1H3,(H,29,30)/b28-15-. The van der Waals surface area contributed by atoms with Crippen molar-refractivity contribution in [2.75, 3.05) is 0 Å². The minimum absolute atomic E-state index is 0.249. The lowest BCUT2D eigenvalue weighted by Crippen LogP contribution is -2.28. The molecule has 1 aliphatic heterocycles. The van der Waals surface area contributed by atoms with Gasteiger partial charge in [0.05, 0.1) is 12.1 Å². The normalized spacial score (nSPS) is 12.8. The Labute approximate surface area is 190 Å². The number of benzene rings is 3. The van der Waals surface area contributed by atoms with Crippen LogP contribution in [0, 0.1) is 6.92 Å². The minimum Gasteiger partial charge on any atom is -0.457 e. The van der Waals surface area contributed by atoms with Crippen LogP contribution in [0.4, 0.5) is 0 Å². The van der Waals surface area contributed by atoms with Gasteiger partial charge in [-0.15, -0.1) is 0 Å². The van der Waals surface area contributed by atoms with Gasteiger partial charge in [-0.1, -0.05) is 60.1 Å². The number of hydrazone groups is 1. The molecular weight excluding hydrogens is 424 g/mol. The van der Waals surface area contributed by atoms with Gasteiger partial charge < -0.3 is 9.15 Å². The topological polar surface area (TPSA) is 63.8 Å². The number of rotatable bonds is 4. The van der Waals surface area contributed by atoms with Crippen LogP contribution in [0.3, 0.4) is 0 Å². The lowest BCUT2D eigenvalue weighted by molar-refractivity contribution is -0.121. The monoisotopic (exact) mass is 442 g/mol. The van der Waals surface area contributed by atoms with E-state index < -0.39 is 5.92 Å². The molecule has 1 aliphatic rings. The molecule has 0 radical (unpaired) electrons. The second-order valence-corrected chi connectivity index (χ2v) is 7.92. The Hall–Kier alpha value is -3.83. The van der Waals surface area contributed by atoms with Crippen LogP contribution in [0.25, 0.3) is 11.3 Å². The SMILES string of the molecule is Cc1ccc(-c2ccc(/C=N\NC(=O)C3c4ccccc4Oc4ccccc43)o2)cc1Cl. The fraction of sp³-hybridized carbons (Fsp3) is 0.0769. The van der Waals surface area contributed by atoms with E-state index in [1.54, 1.807) is 6.07 Å². The number of fused-ring (bicyclic) bond motifs is 2. The lowest BCUT2D eigenvalue weighted by atomic mass is 9.87. The molecule has 0 aliphatic carbocycles. The van der Waals surface area contributed by atoms with E-state index in [4.69, 9.17) is 20.8 Å². The van der Waals surface area contributed by atoms with Gasteiger partial charge in [0, 0.05) is 21.7 Å². The number of nitrogens with zero attached hydrogens (tertiary/aromatic N) is 1. The van der Waals surface area contributed by atoms with Crippen molar-refractivity contribution >= 4 is 23.7 Å². The molecule has 2 heterocycles. The molecule has 0 atom stereocenters. The molecule has 1 N–H and O–H groups in total. The van der Waals surface area contributed by atoms with E-state index in [2.05, 4.69) is 10.5 Å². The Bertz CT molecular complexity index is 1300. The predicted octanol–water partition coefficient (Wildman–Crippen LogP) is 6.30. The summed E-state index contributed by atoms with van der Waals surface area (Å²) >= 11 is 6.21. The van der Waals surface area contributed by atoms with Crippen LogP contribution >= 0.6 is 11.6 Å². The summed E-state index contributed by atoms with van der Waals surface area (Å²) in [5.74, 6) is 1.76. The molecule has 32 heavy (non-hydrogen) atoms. The number of amides is 1. The number of nitrogens with one attached hydrogen (secondary N) is 1. The van der Waals surface area contributed by atoms with E-state index in [1.807, 2.05) is 79.7 Å². The van der Waals surface area contributed by atoms with Gasteiger partial charge in [0.2, 0.25) is 0 Å². The summed E-state index contributed by atoms with van der Waals surface area (Å²) in [7, 11) is 0. The van der Waals surface area contributed by atoms with Gasteiger partial charge in [-0.25, -0.2) is 5.43 Å². The third kappa shape index (κ3) is 3.79. The Kier molecular flexibility index (Phi) is 5.25. The maximum absolute atomic E-state index is 13.1. The first-order valence-corrected chi connectivity index (χ1v) is 10.5. The Morgan fingerprint density at radius 2 is 1.66 bits per heavy atom. The van der Waals surface area contributed by atoms with Crippen molar-refractivity contribution < 1.29 is 13.9 Å². The van der Waals surface area contributed by atoms with Crippen LogP contribution in [-0.2, 0) is 4.79 Å². The van der Waals surface area contributed by atoms with Crippen molar-refractivity contribution in [2.24, 2.45) is 5.10 Å². The maximum Gasteiger partial charge on any atom is 0.252 e. The molecule has 5 rings (SSSR count). The first-order chi connectivity index (χ1) is 15.6. The average Bonchev–Trinajstić information content (AvgIpc) is 3.28. The average molecular weight is 443 g/mol. The van der Waals surface area contributed by atoms with Gasteiger partial charge in [0.25, 0.3) is 5.91 Å².